The highest BCUT2D eigenvalue weighted by Crippen LogP contribution is 2.36. The lowest BCUT2D eigenvalue weighted by Crippen LogP contribution is -2.25. The molecule has 0 radical (unpaired) electrons. The summed E-state index contributed by atoms with van der Waals surface area (Å²) >= 11 is 0. The summed E-state index contributed by atoms with van der Waals surface area (Å²) in [7, 11) is 0. The molecule has 0 N–H and O–H groups in total. The van der Waals surface area contributed by atoms with E-state index in [1.807, 2.05) is 6.08 Å². The van der Waals surface area contributed by atoms with Gasteiger partial charge in [0.1, 0.15) is 6.07 Å². The van der Waals surface area contributed by atoms with Gasteiger partial charge in [0.05, 0.1) is 6.10 Å². The fourth-order valence-corrected chi connectivity index (χ4v) is 4.96. The Bertz CT molecular complexity index is 729. The Balaban J connectivity index is 1.33. The summed E-state index contributed by atoms with van der Waals surface area (Å²) in [6.07, 6.45) is 17.2. The van der Waals surface area contributed by atoms with E-state index in [2.05, 4.69) is 31.2 Å². The van der Waals surface area contributed by atoms with Gasteiger partial charge in [-0.1, -0.05) is 49.8 Å². The molecule has 0 aliphatic heterocycles. The minimum atomic E-state index is -0.730. The van der Waals surface area contributed by atoms with Gasteiger partial charge in [-0.25, -0.2) is 0 Å². The van der Waals surface area contributed by atoms with E-state index in [-0.39, 0.29) is 0 Å². The maximum absolute atomic E-state index is 12.8. The smallest absolute Gasteiger partial charge is 0.199 e. The van der Waals surface area contributed by atoms with Gasteiger partial charge in [-0.3, -0.25) is 0 Å². The van der Waals surface area contributed by atoms with Crippen molar-refractivity contribution in [2.75, 3.05) is 6.61 Å². The first kappa shape index (κ1) is 22.8. The van der Waals surface area contributed by atoms with Crippen molar-refractivity contribution in [2.24, 2.45) is 11.8 Å². The predicted molar refractivity (Wildman–Crippen MR) is 121 cm³/mol. The van der Waals surface area contributed by atoms with Crippen molar-refractivity contribution >= 4 is 0 Å². The van der Waals surface area contributed by atoms with E-state index in [4.69, 9.17) is 10.00 Å². The molecule has 0 bridgehead atoms. The third-order valence-corrected chi connectivity index (χ3v) is 6.86. The highest BCUT2D eigenvalue weighted by atomic mass is 19.1. The summed E-state index contributed by atoms with van der Waals surface area (Å²) in [5.41, 5.74) is 2.98. The predicted octanol–water partition coefficient (Wildman–Crippen LogP) is 7.42. The van der Waals surface area contributed by atoms with Crippen LogP contribution in [-0.2, 0) is 11.2 Å². The van der Waals surface area contributed by atoms with Crippen molar-refractivity contribution in [1.29, 1.82) is 5.26 Å². The molecule has 2 fully saturated rings. The average molecular weight is 410 g/mol. The van der Waals surface area contributed by atoms with Crippen molar-refractivity contribution in [3.63, 3.8) is 0 Å². The van der Waals surface area contributed by atoms with Crippen molar-refractivity contribution in [2.45, 2.75) is 83.2 Å². The van der Waals surface area contributed by atoms with Gasteiger partial charge in [-0.15, -0.1) is 0 Å². The fraction of sp³-hybridized carbons (Fsp3) is 0.593. The Morgan fingerprint density at radius 2 is 1.77 bits per heavy atom. The quantitative estimate of drug-likeness (QED) is 0.330. The minimum Gasteiger partial charge on any atom is -0.378 e. The lowest BCUT2D eigenvalue weighted by molar-refractivity contribution is -0.00456. The Morgan fingerprint density at radius 3 is 2.40 bits per heavy atom. The Morgan fingerprint density at radius 1 is 1.07 bits per heavy atom. The molecule has 3 rings (SSSR count). The van der Waals surface area contributed by atoms with Crippen LogP contribution in [0.1, 0.15) is 81.8 Å². The maximum Gasteiger partial charge on any atom is 0.199 e. The largest absolute Gasteiger partial charge is 0.378 e. The van der Waals surface area contributed by atoms with E-state index < -0.39 is 5.83 Å². The lowest BCUT2D eigenvalue weighted by atomic mass is 9.79. The van der Waals surface area contributed by atoms with Crippen LogP contribution in [0.15, 0.2) is 48.3 Å². The van der Waals surface area contributed by atoms with Crippen LogP contribution in [0.5, 0.6) is 0 Å². The Labute approximate surface area is 181 Å². The van der Waals surface area contributed by atoms with Gasteiger partial charge in [-0.2, -0.15) is 9.65 Å². The van der Waals surface area contributed by atoms with E-state index in [1.54, 1.807) is 6.08 Å². The van der Waals surface area contributed by atoms with Crippen molar-refractivity contribution < 1.29 is 9.13 Å². The van der Waals surface area contributed by atoms with E-state index >= 15 is 0 Å². The molecule has 2 aliphatic carbocycles. The summed E-state index contributed by atoms with van der Waals surface area (Å²) in [5.74, 6) is 1.18. The molecule has 2 nitrogen and oxygen atoms in total. The second kappa shape index (κ2) is 12.1. The first-order valence-corrected chi connectivity index (χ1v) is 11.8. The minimum absolute atomic E-state index is 0.380. The SMILES string of the molecule is CCCc1ccc(C2CCC(COC3CCC(C=CC=C(F)C#N)CC3)CC2)cc1. The van der Waals surface area contributed by atoms with Crippen LogP contribution in [-0.4, -0.2) is 12.7 Å². The number of ether oxygens (including phenoxy) is 1. The van der Waals surface area contributed by atoms with Crippen LogP contribution in [0.2, 0.25) is 0 Å². The number of rotatable bonds is 8. The third kappa shape index (κ3) is 7.10. The second-order valence-corrected chi connectivity index (χ2v) is 9.09. The highest BCUT2D eigenvalue weighted by molar-refractivity contribution is 5.26. The normalized spacial score (nSPS) is 27.8. The number of nitrogens with zero attached hydrogens (tertiary/aromatic N) is 1. The molecular weight excluding hydrogens is 373 g/mol. The highest BCUT2D eigenvalue weighted by Gasteiger charge is 2.25. The molecule has 2 saturated carbocycles. The summed E-state index contributed by atoms with van der Waals surface area (Å²) in [6.45, 7) is 3.14. The molecule has 30 heavy (non-hydrogen) atoms. The monoisotopic (exact) mass is 409 g/mol. The van der Waals surface area contributed by atoms with Crippen LogP contribution in [0.3, 0.4) is 0 Å². The molecule has 0 unspecified atom stereocenters. The van der Waals surface area contributed by atoms with Gasteiger partial charge in [0, 0.05) is 6.61 Å². The summed E-state index contributed by atoms with van der Waals surface area (Å²) < 4.78 is 19.1. The topological polar surface area (TPSA) is 33.0 Å². The third-order valence-electron chi connectivity index (χ3n) is 6.86. The van der Waals surface area contributed by atoms with Crippen LogP contribution < -0.4 is 0 Å². The number of allylic oxidation sites excluding steroid dienone is 4. The lowest BCUT2D eigenvalue weighted by Gasteiger charge is -2.32. The number of halogens is 1. The Hall–Kier alpha value is -1.92. The molecule has 0 saturated heterocycles. The Kier molecular flexibility index (Phi) is 9.15. The van der Waals surface area contributed by atoms with Crippen LogP contribution in [0.4, 0.5) is 4.39 Å². The van der Waals surface area contributed by atoms with Gasteiger partial charge in [-0.05, 0) is 92.7 Å². The molecule has 1 aromatic rings. The molecule has 2 aliphatic rings. The van der Waals surface area contributed by atoms with Crippen molar-refractivity contribution in [3.8, 4) is 6.07 Å². The van der Waals surface area contributed by atoms with Crippen LogP contribution in [0, 0.1) is 23.2 Å². The number of benzene rings is 1. The second-order valence-electron chi connectivity index (χ2n) is 9.09. The molecule has 0 heterocycles. The van der Waals surface area contributed by atoms with E-state index in [9.17, 15) is 4.39 Å². The van der Waals surface area contributed by atoms with Crippen LogP contribution >= 0.6 is 0 Å². The van der Waals surface area contributed by atoms with Crippen LogP contribution in [0.25, 0.3) is 0 Å². The first-order valence-electron chi connectivity index (χ1n) is 11.8. The van der Waals surface area contributed by atoms with Gasteiger partial charge in [0.25, 0.3) is 0 Å². The van der Waals surface area contributed by atoms with Crippen molar-refractivity contribution in [1.82, 2.24) is 0 Å². The first-order chi connectivity index (χ1) is 14.7. The van der Waals surface area contributed by atoms with E-state index in [0.29, 0.717) is 17.9 Å². The van der Waals surface area contributed by atoms with Gasteiger partial charge >= 0.3 is 0 Å². The molecule has 0 spiro atoms. The number of hydrogen-bond acceptors (Lipinski definition) is 2. The number of hydrogen-bond donors (Lipinski definition) is 0. The molecule has 1 aromatic carbocycles. The molecule has 0 aromatic heterocycles. The summed E-state index contributed by atoms with van der Waals surface area (Å²) in [5, 5.41) is 8.43. The molecule has 0 atom stereocenters. The molecule has 3 heteroatoms. The van der Waals surface area contributed by atoms with Gasteiger partial charge < -0.3 is 4.74 Å². The van der Waals surface area contributed by atoms with E-state index in [1.165, 1.54) is 61.8 Å². The summed E-state index contributed by atoms with van der Waals surface area (Å²) in [4.78, 5) is 0. The summed E-state index contributed by atoms with van der Waals surface area (Å²) in [6, 6.07) is 10.8. The molecule has 162 valence electrons. The average Bonchev–Trinajstić information content (AvgIpc) is 2.79. The zero-order valence-electron chi connectivity index (χ0n) is 18.4. The zero-order valence-corrected chi connectivity index (χ0v) is 18.4. The molecular formula is C27H36FNO. The zero-order chi connectivity index (χ0) is 21.2. The van der Waals surface area contributed by atoms with Crippen molar-refractivity contribution in [3.05, 3.63) is 59.4 Å². The van der Waals surface area contributed by atoms with Gasteiger partial charge in [0.15, 0.2) is 5.83 Å². The maximum atomic E-state index is 12.8. The standard InChI is InChI=1S/C27H36FNO/c1-2-4-21-7-13-24(14-8-21)25-15-9-23(10-16-25)20-30-27-17-11-22(12-18-27)5-3-6-26(28)19-29/h3,5-8,13-14,22-23,25,27H,2,4,9-12,15-18,20H2,1H3. The van der Waals surface area contributed by atoms with E-state index in [0.717, 1.165) is 38.2 Å². The fourth-order valence-electron chi connectivity index (χ4n) is 4.96. The van der Waals surface area contributed by atoms with Gasteiger partial charge in [0.2, 0.25) is 0 Å². The number of aryl methyl sites for hydroxylation is 1. The number of nitriles is 1. The molecule has 0 amide bonds.